The van der Waals surface area contributed by atoms with Crippen LogP contribution >= 0.6 is 0 Å². The SMILES string of the molecule is CCCC/C=C/C/C=C/CCCCCCCC(=O)O[C@@H](COC(=O)CCCCCCCCC/C=C/CCCCCC)COC(=O)CCCCCCCCCCCCCCCC. The summed E-state index contributed by atoms with van der Waals surface area (Å²) in [5, 5.41) is 0. The molecule has 6 heteroatoms. The zero-order chi connectivity index (χ0) is 44.4. The quantitative estimate of drug-likeness (QED) is 0.0262. The van der Waals surface area contributed by atoms with Gasteiger partial charge in [-0.3, -0.25) is 14.4 Å². The average Bonchev–Trinajstić information content (AvgIpc) is 3.26. The number of esters is 3. The summed E-state index contributed by atoms with van der Waals surface area (Å²) in [6.45, 7) is 6.59. The smallest absolute Gasteiger partial charge is 0.306 e. The first-order valence-electron chi connectivity index (χ1n) is 26.5. The minimum Gasteiger partial charge on any atom is -0.462 e. The van der Waals surface area contributed by atoms with Gasteiger partial charge in [0.15, 0.2) is 6.10 Å². The second-order valence-electron chi connectivity index (χ2n) is 17.8. The summed E-state index contributed by atoms with van der Waals surface area (Å²) in [5.41, 5.74) is 0. The number of ether oxygens (including phenoxy) is 3. The third-order valence-electron chi connectivity index (χ3n) is 11.6. The van der Waals surface area contributed by atoms with Crippen molar-refractivity contribution in [2.45, 2.75) is 284 Å². The van der Waals surface area contributed by atoms with Crippen molar-refractivity contribution in [2.24, 2.45) is 0 Å². The monoisotopic (exact) mass is 857 g/mol. The Morgan fingerprint density at radius 1 is 0.328 bits per heavy atom. The molecule has 0 aromatic rings. The molecule has 6 nitrogen and oxygen atoms in total. The molecule has 1 atom stereocenters. The van der Waals surface area contributed by atoms with E-state index in [2.05, 4.69) is 57.2 Å². The van der Waals surface area contributed by atoms with Crippen molar-refractivity contribution >= 4 is 17.9 Å². The van der Waals surface area contributed by atoms with E-state index in [1.165, 1.54) is 154 Å². The molecule has 0 aliphatic rings. The highest BCUT2D eigenvalue weighted by molar-refractivity contribution is 5.71. The summed E-state index contributed by atoms with van der Waals surface area (Å²) in [6.07, 6.45) is 58.3. The first-order chi connectivity index (χ1) is 30.0. The number of carbonyl (C=O) groups is 3. The summed E-state index contributed by atoms with van der Waals surface area (Å²) in [6, 6.07) is 0. The van der Waals surface area contributed by atoms with E-state index in [1.54, 1.807) is 0 Å². The van der Waals surface area contributed by atoms with Crippen molar-refractivity contribution < 1.29 is 28.6 Å². The van der Waals surface area contributed by atoms with Crippen LogP contribution in [0.2, 0.25) is 0 Å². The van der Waals surface area contributed by atoms with E-state index in [1.807, 2.05) is 0 Å². The fraction of sp³-hybridized carbons (Fsp3) is 0.836. The van der Waals surface area contributed by atoms with Crippen LogP contribution in [0.3, 0.4) is 0 Å². The molecule has 0 saturated carbocycles. The lowest BCUT2D eigenvalue weighted by atomic mass is 10.0. The van der Waals surface area contributed by atoms with Gasteiger partial charge in [0.1, 0.15) is 13.2 Å². The minimum absolute atomic E-state index is 0.0761. The van der Waals surface area contributed by atoms with Crippen LogP contribution in [0.4, 0.5) is 0 Å². The highest BCUT2D eigenvalue weighted by Gasteiger charge is 2.19. The Hall–Kier alpha value is -2.37. The Morgan fingerprint density at radius 2 is 0.607 bits per heavy atom. The van der Waals surface area contributed by atoms with Gasteiger partial charge in [-0.15, -0.1) is 0 Å². The molecule has 0 aromatic carbocycles. The summed E-state index contributed by atoms with van der Waals surface area (Å²) in [5.74, 6) is -0.883. The maximum atomic E-state index is 12.8. The second-order valence-corrected chi connectivity index (χ2v) is 17.8. The van der Waals surface area contributed by atoms with Crippen molar-refractivity contribution in [3.05, 3.63) is 36.5 Å². The maximum absolute atomic E-state index is 12.8. The molecule has 0 radical (unpaired) electrons. The van der Waals surface area contributed by atoms with Crippen LogP contribution in [-0.4, -0.2) is 37.2 Å². The van der Waals surface area contributed by atoms with Crippen LogP contribution in [0.15, 0.2) is 36.5 Å². The first kappa shape index (κ1) is 58.6. The Balaban J connectivity index is 4.37. The zero-order valence-electron chi connectivity index (χ0n) is 40.7. The molecular formula is C55H100O6. The maximum Gasteiger partial charge on any atom is 0.306 e. The molecule has 0 fully saturated rings. The van der Waals surface area contributed by atoms with E-state index in [0.717, 1.165) is 83.5 Å². The zero-order valence-corrected chi connectivity index (χ0v) is 40.7. The molecule has 0 aliphatic heterocycles. The van der Waals surface area contributed by atoms with Crippen LogP contribution in [-0.2, 0) is 28.6 Å². The number of carbonyl (C=O) groups excluding carboxylic acids is 3. The van der Waals surface area contributed by atoms with E-state index < -0.39 is 6.10 Å². The number of allylic oxidation sites excluding steroid dienone is 6. The van der Waals surface area contributed by atoms with Crippen LogP contribution in [0, 0.1) is 0 Å². The lowest BCUT2D eigenvalue weighted by Gasteiger charge is -2.18. The summed E-state index contributed by atoms with van der Waals surface area (Å²) < 4.78 is 16.8. The summed E-state index contributed by atoms with van der Waals surface area (Å²) in [4.78, 5) is 38.0. The van der Waals surface area contributed by atoms with Crippen LogP contribution < -0.4 is 0 Å². The van der Waals surface area contributed by atoms with Crippen LogP contribution in [0.1, 0.15) is 278 Å². The fourth-order valence-corrected chi connectivity index (χ4v) is 7.57. The van der Waals surface area contributed by atoms with E-state index in [-0.39, 0.29) is 31.1 Å². The molecule has 356 valence electrons. The molecule has 0 N–H and O–H groups in total. The average molecular weight is 857 g/mol. The molecule has 0 amide bonds. The van der Waals surface area contributed by atoms with Crippen molar-refractivity contribution in [3.8, 4) is 0 Å². The van der Waals surface area contributed by atoms with Gasteiger partial charge in [0.05, 0.1) is 0 Å². The van der Waals surface area contributed by atoms with Crippen molar-refractivity contribution in [1.82, 2.24) is 0 Å². The third kappa shape index (κ3) is 48.5. The number of unbranched alkanes of at least 4 members (excludes halogenated alkanes) is 31. The van der Waals surface area contributed by atoms with Gasteiger partial charge in [-0.05, 0) is 70.6 Å². The van der Waals surface area contributed by atoms with Gasteiger partial charge in [0, 0.05) is 19.3 Å². The first-order valence-corrected chi connectivity index (χ1v) is 26.5. The van der Waals surface area contributed by atoms with Crippen molar-refractivity contribution in [3.63, 3.8) is 0 Å². The topological polar surface area (TPSA) is 78.9 Å². The molecule has 0 aliphatic carbocycles. The molecule has 61 heavy (non-hydrogen) atoms. The number of hydrogen-bond donors (Lipinski definition) is 0. The highest BCUT2D eigenvalue weighted by atomic mass is 16.6. The molecule has 0 heterocycles. The summed E-state index contributed by atoms with van der Waals surface area (Å²) >= 11 is 0. The number of rotatable bonds is 48. The Bertz CT molecular complexity index is 1030. The Labute approximate surface area is 378 Å². The molecule has 0 saturated heterocycles. The van der Waals surface area contributed by atoms with E-state index in [4.69, 9.17) is 14.2 Å². The van der Waals surface area contributed by atoms with Gasteiger partial charge in [-0.1, -0.05) is 224 Å². The van der Waals surface area contributed by atoms with Gasteiger partial charge in [0.2, 0.25) is 0 Å². The molecule has 0 aromatic heterocycles. The summed E-state index contributed by atoms with van der Waals surface area (Å²) in [7, 11) is 0. The van der Waals surface area contributed by atoms with Crippen molar-refractivity contribution in [2.75, 3.05) is 13.2 Å². The van der Waals surface area contributed by atoms with E-state index in [9.17, 15) is 14.4 Å². The standard InChI is InChI=1S/C55H100O6/c1-4-7-10-13-16-19-22-25-28-31-33-36-39-42-45-48-54(57)60-51-52(61-55(58)49-46-43-40-37-34-30-27-24-21-18-15-12-9-6-3)50-59-53(56)47-44-41-38-35-32-29-26-23-20-17-14-11-8-5-2/h15,18-19,22,24,27,52H,4-14,16-17,20-21,23,25-26,28-51H2,1-3H3/b18-15+,22-19+,27-24+/t52-/m1/s1. The van der Waals surface area contributed by atoms with Gasteiger partial charge in [-0.2, -0.15) is 0 Å². The van der Waals surface area contributed by atoms with Crippen LogP contribution in [0.25, 0.3) is 0 Å². The molecule has 0 bridgehead atoms. The van der Waals surface area contributed by atoms with Crippen molar-refractivity contribution in [1.29, 1.82) is 0 Å². The predicted molar refractivity (Wildman–Crippen MR) is 261 cm³/mol. The molecule has 0 unspecified atom stereocenters. The highest BCUT2D eigenvalue weighted by Crippen LogP contribution is 2.15. The van der Waals surface area contributed by atoms with Crippen LogP contribution in [0.5, 0.6) is 0 Å². The van der Waals surface area contributed by atoms with E-state index >= 15 is 0 Å². The lowest BCUT2D eigenvalue weighted by molar-refractivity contribution is -0.167. The minimum atomic E-state index is -0.777. The van der Waals surface area contributed by atoms with Gasteiger partial charge >= 0.3 is 17.9 Å². The van der Waals surface area contributed by atoms with Gasteiger partial charge in [-0.25, -0.2) is 0 Å². The third-order valence-corrected chi connectivity index (χ3v) is 11.6. The van der Waals surface area contributed by atoms with Gasteiger partial charge < -0.3 is 14.2 Å². The molecular weight excluding hydrogens is 757 g/mol. The predicted octanol–water partition coefficient (Wildman–Crippen LogP) is 17.3. The normalized spacial score (nSPS) is 12.2. The molecule has 0 spiro atoms. The lowest BCUT2D eigenvalue weighted by Crippen LogP contribution is -2.30. The second kappa shape index (κ2) is 50.3. The van der Waals surface area contributed by atoms with E-state index in [0.29, 0.717) is 19.3 Å². The number of hydrogen-bond acceptors (Lipinski definition) is 6. The van der Waals surface area contributed by atoms with Gasteiger partial charge in [0.25, 0.3) is 0 Å². The largest absolute Gasteiger partial charge is 0.462 e. The fourth-order valence-electron chi connectivity index (χ4n) is 7.57. The Kier molecular flexibility index (Phi) is 48.3. The Morgan fingerprint density at radius 3 is 0.984 bits per heavy atom. The molecule has 0 rings (SSSR count).